The van der Waals surface area contributed by atoms with E-state index in [0.29, 0.717) is 13.0 Å². The number of aromatic nitrogens is 2. The molecule has 4 nitrogen and oxygen atoms in total. The van der Waals surface area contributed by atoms with Crippen molar-refractivity contribution in [3.8, 4) is 11.8 Å². The number of hydrogen-bond acceptors (Lipinski definition) is 3. The molecule has 0 fully saturated rings. The fraction of sp³-hybridized carbons (Fsp3) is 0.500. The molecule has 86 valence electrons. The van der Waals surface area contributed by atoms with Gasteiger partial charge in [-0.2, -0.15) is 0 Å². The summed E-state index contributed by atoms with van der Waals surface area (Å²) in [6.07, 6.45) is 8.44. The summed E-state index contributed by atoms with van der Waals surface area (Å²) in [5, 5.41) is 0. The molecular formula is C12H16N2O2. The molecule has 0 atom stereocenters. The molecule has 0 spiro atoms. The first kappa shape index (κ1) is 12.3. The second-order valence-electron chi connectivity index (χ2n) is 3.37. The van der Waals surface area contributed by atoms with Crippen LogP contribution in [0.1, 0.15) is 25.7 Å². The van der Waals surface area contributed by atoms with Crippen molar-refractivity contribution < 1.29 is 9.53 Å². The third-order valence-corrected chi connectivity index (χ3v) is 2.11. The molecule has 4 heteroatoms. The van der Waals surface area contributed by atoms with Gasteiger partial charge in [-0.25, -0.2) is 4.98 Å². The van der Waals surface area contributed by atoms with Gasteiger partial charge in [0.25, 0.3) is 0 Å². The molecule has 0 aliphatic carbocycles. The summed E-state index contributed by atoms with van der Waals surface area (Å²) in [5.41, 5.74) is 0. The fourth-order valence-electron chi connectivity index (χ4n) is 1.20. The molecule has 0 amide bonds. The molecular weight excluding hydrogens is 204 g/mol. The van der Waals surface area contributed by atoms with Gasteiger partial charge in [0.2, 0.25) is 0 Å². The minimum atomic E-state index is -0.147. The number of esters is 1. The molecule has 1 rings (SSSR count). The van der Waals surface area contributed by atoms with Gasteiger partial charge < -0.3 is 9.30 Å². The number of ether oxygens (including phenoxy) is 1. The molecule has 1 heterocycles. The summed E-state index contributed by atoms with van der Waals surface area (Å²) in [5.74, 6) is 5.96. The lowest BCUT2D eigenvalue weighted by Crippen LogP contribution is -1.98. The molecule has 0 saturated heterocycles. The molecule has 0 bridgehead atoms. The van der Waals surface area contributed by atoms with Crippen molar-refractivity contribution in [3.63, 3.8) is 0 Å². The molecule has 0 saturated carbocycles. The largest absolute Gasteiger partial charge is 0.469 e. The number of imidazole rings is 1. The predicted octanol–water partition coefficient (Wildman–Crippen LogP) is 1.62. The molecule has 16 heavy (non-hydrogen) atoms. The van der Waals surface area contributed by atoms with E-state index >= 15 is 0 Å². The number of unbranched alkanes of at least 4 members (excludes halogenated alkanes) is 2. The number of carbonyl (C=O) groups excluding carboxylic acids is 1. The van der Waals surface area contributed by atoms with Crippen molar-refractivity contribution >= 4 is 5.97 Å². The Kier molecular flexibility index (Phi) is 5.79. The van der Waals surface area contributed by atoms with Crippen LogP contribution in [-0.4, -0.2) is 22.6 Å². The molecule has 0 aromatic carbocycles. The van der Waals surface area contributed by atoms with Gasteiger partial charge in [0.15, 0.2) is 0 Å². The average molecular weight is 220 g/mol. The minimum Gasteiger partial charge on any atom is -0.469 e. The highest BCUT2D eigenvalue weighted by Gasteiger charge is 1.97. The highest BCUT2D eigenvalue weighted by molar-refractivity contribution is 5.68. The molecule has 0 radical (unpaired) electrons. The zero-order valence-corrected chi connectivity index (χ0v) is 9.48. The van der Waals surface area contributed by atoms with Gasteiger partial charge in [-0.05, 0) is 12.8 Å². The maximum atomic E-state index is 10.8. The summed E-state index contributed by atoms with van der Waals surface area (Å²) in [6, 6.07) is 0. The second kappa shape index (κ2) is 7.52. The summed E-state index contributed by atoms with van der Waals surface area (Å²) in [6.45, 7) is 0.678. The van der Waals surface area contributed by atoms with Gasteiger partial charge in [-0.15, -0.1) is 5.92 Å². The van der Waals surface area contributed by atoms with Crippen LogP contribution in [0.15, 0.2) is 18.7 Å². The maximum Gasteiger partial charge on any atom is 0.305 e. The predicted molar refractivity (Wildman–Crippen MR) is 60.5 cm³/mol. The Bertz CT molecular complexity index is 360. The van der Waals surface area contributed by atoms with Crippen molar-refractivity contribution in [1.82, 2.24) is 9.55 Å². The third-order valence-electron chi connectivity index (χ3n) is 2.11. The van der Waals surface area contributed by atoms with Crippen molar-refractivity contribution in [1.29, 1.82) is 0 Å². The van der Waals surface area contributed by atoms with Crippen molar-refractivity contribution in [2.24, 2.45) is 0 Å². The van der Waals surface area contributed by atoms with Gasteiger partial charge in [0, 0.05) is 25.2 Å². The SMILES string of the molecule is COC(=O)CCCCC#CCn1ccnc1. The van der Waals surface area contributed by atoms with E-state index in [9.17, 15) is 4.79 Å². The molecule has 1 aromatic heterocycles. The van der Waals surface area contributed by atoms with Crippen LogP contribution in [0.4, 0.5) is 0 Å². The maximum absolute atomic E-state index is 10.8. The van der Waals surface area contributed by atoms with Crippen LogP contribution in [0, 0.1) is 11.8 Å². The first-order valence-electron chi connectivity index (χ1n) is 5.31. The zero-order valence-electron chi connectivity index (χ0n) is 9.48. The molecule has 0 unspecified atom stereocenters. The van der Waals surface area contributed by atoms with E-state index in [1.54, 1.807) is 12.5 Å². The first-order valence-corrected chi connectivity index (χ1v) is 5.31. The average Bonchev–Trinajstić information content (AvgIpc) is 2.80. The Balaban J connectivity index is 2.03. The van der Waals surface area contributed by atoms with Crippen molar-refractivity contribution in [2.75, 3.05) is 7.11 Å². The van der Waals surface area contributed by atoms with Gasteiger partial charge >= 0.3 is 5.97 Å². The molecule has 0 N–H and O–H groups in total. The van der Waals surface area contributed by atoms with E-state index in [4.69, 9.17) is 0 Å². The number of rotatable bonds is 5. The highest BCUT2D eigenvalue weighted by Crippen LogP contribution is 1.99. The van der Waals surface area contributed by atoms with Gasteiger partial charge in [0.1, 0.15) is 0 Å². The fourth-order valence-corrected chi connectivity index (χ4v) is 1.20. The summed E-state index contributed by atoms with van der Waals surface area (Å²) in [7, 11) is 1.41. The second-order valence-corrected chi connectivity index (χ2v) is 3.37. The van der Waals surface area contributed by atoms with Crippen LogP contribution in [0.3, 0.4) is 0 Å². The van der Waals surface area contributed by atoms with E-state index in [-0.39, 0.29) is 5.97 Å². The Morgan fingerprint density at radius 1 is 1.44 bits per heavy atom. The Labute approximate surface area is 95.6 Å². The lowest BCUT2D eigenvalue weighted by atomic mass is 10.2. The van der Waals surface area contributed by atoms with Crippen LogP contribution in [0.2, 0.25) is 0 Å². The van der Waals surface area contributed by atoms with Gasteiger partial charge in [-0.3, -0.25) is 4.79 Å². The third kappa shape index (κ3) is 5.20. The van der Waals surface area contributed by atoms with Crippen LogP contribution < -0.4 is 0 Å². The zero-order chi connectivity index (χ0) is 11.6. The Hall–Kier alpha value is -1.76. The summed E-state index contributed by atoms with van der Waals surface area (Å²) >= 11 is 0. The molecule has 0 aliphatic heterocycles. The monoisotopic (exact) mass is 220 g/mol. The Morgan fingerprint density at radius 2 is 2.31 bits per heavy atom. The minimum absolute atomic E-state index is 0.147. The van der Waals surface area contributed by atoms with E-state index in [1.165, 1.54) is 7.11 Å². The highest BCUT2D eigenvalue weighted by atomic mass is 16.5. The number of hydrogen-bond donors (Lipinski definition) is 0. The standard InChI is InChI=1S/C12H16N2O2/c1-16-12(15)7-5-3-2-4-6-9-14-10-8-13-11-14/h8,10-11H,2-3,5,7,9H2,1H3. The normalized spacial score (nSPS) is 9.31. The smallest absolute Gasteiger partial charge is 0.305 e. The number of methoxy groups -OCH3 is 1. The number of carbonyl (C=O) groups is 1. The molecule has 0 aliphatic rings. The summed E-state index contributed by atoms with van der Waals surface area (Å²) < 4.78 is 6.46. The van der Waals surface area contributed by atoms with Crippen LogP contribution in [-0.2, 0) is 16.1 Å². The van der Waals surface area contributed by atoms with Gasteiger partial charge in [0.05, 0.1) is 20.0 Å². The first-order chi connectivity index (χ1) is 7.83. The van der Waals surface area contributed by atoms with Gasteiger partial charge in [-0.1, -0.05) is 5.92 Å². The van der Waals surface area contributed by atoms with Crippen molar-refractivity contribution in [3.05, 3.63) is 18.7 Å². The summed E-state index contributed by atoms with van der Waals surface area (Å²) in [4.78, 5) is 14.7. The molecule has 1 aromatic rings. The van der Waals surface area contributed by atoms with E-state index in [1.807, 2.05) is 10.8 Å². The lowest BCUT2D eigenvalue weighted by molar-refractivity contribution is -0.140. The van der Waals surface area contributed by atoms with Crippen LogP contribution in [0.25, 0.3) is 0 Å². The van der Waals surface area contributed by atoms with Crippen LogP contribution in [0.5, 0.6) is 0 Å². The van der Waals surface area contributed by atoms with Crippen molar-refractivity contribution in [2.45, 2.75) is 32.2 Å². The van der Waals surface area contributed by atoms with E-state index in [0.717, 1.165) is 19.3 Å². The van der Waals surface area contributed by atoms with Crippen LogP contribution >= 0.6 is 0 Å². The van der Waals surface area contributed by atoms with E-state index in [2.05, 4.69) is 21.6 Å². The lowest BCUT2D eigenvalue weighted by Gasteiger charge is -1.96. The quantitative estimate of drug-likeness (QED) is 0.430. The number of nitrogens with zero attached hydrogens (tertiary/aromatic N) is 2. The van der Waals surface area contributed by atoms with E-state index < -0.39 is 0 Å². The topological polar surface area (TPSA) is 44.1 Å². The Morgan fingerprint density at radius 3 is 3.00 bits per heavy atom.